The maximum Gasteiger partial charge on any atom is 0.140 e. The molecule has 1 saturated carbocycles. The molecule has 104 valence electrons. The molecule has 0 amide bonds. The van der Waals surface area contributed by atoms with Crippen molar-refractivity contribution in [3.8, 4) is 0 Å². The second kappa shape index (κ2) is 6.27. The third-order valence-corrected chi connectivity index (χ3v) is 4.23. The lowest BCUT2D eigenvalue weighted by molar-refractivity contribution is -0.123. The minimum Gasteiger partial charge on any atom is -0.299 e. The first kappa shape index (κ1) is 14.2. The van der Waals surface area contributed by atoms with Crippen LogP contribution < -0.4 is 0 Å². The molecule has 1 aromatic carbocycles. The Morgan fingerprint density at radius 2 is 1.95 bits per heavy atom. The van der Waals surface area contributed by atoms with Crippen molar-refractivity contribution >= 4 is 5.78 Å². The molecule has 2 atom stereocenters. The van der Waals surface area contributed by atoms with Crippen LogP contribution >= 0.6 is 0 Å². The Balaban J connectivity index is 2.04. The number of ketones is 1. The van der Waals surface area contributed by atoms with E-state index < -0.39 is 11.6 Å². The molecule has 0 saturated heterocycles. The van der Waals surface area contributed by atoms with Gasteiger partial charge in [0, 0.05) is 17.9 Å². The first-order valence-electron chi connectivity index (χ1n) is 7.07. The number of carbonyl (C=O) groups excluding carboxylic acids is 1. The summed E-state index contributed by atoms with van der Waals surface area (Å²) in [7, 11) is 0. The highest BCUT2D eigenvalue weighted by molar-refractivity contribution is 5.83. The zero-order chi connectivity index (χ0) is 13.8. The summed E-state index contributed by atoms with van der Waals surface area (Å²) in [4.78, 5) is 12.2. The van der Waals surface area contributed by atoms with Crippen molar-refractivity contribution in [1.29, 1.82) is 0 Å². The topological polar surface area (TPSA) is 17.1 Å². The van der Waals surface area contributed by atoms with E-state index in [-0.39, 0.29) is 23.7 Å². The molecule has 1 aliphatic rings. The van der Waals surface area contributed by atoms with Gasteiger partial charge in [-0.2, -0.15) is 0 Å². The van der Waals surface area contributed by atoms with Crippen LogP contribution in [0.2, 0.25) is 0 Å². The molecule has 1 aliphatic carbocycles. The number of hydrogen-bond donors (Lipinski definition) is 0. The first-order chi connectivity index (χ1) is 9.11. The average Bonchev–Trinajstić information content (AvgIpc) is 2.43. The molecule has 2 unspecified atom stereocenters. The van der Waals surface area contributed by atoms with Gasteiger partial charge in [-0.3, -0.25) is 4.79 Å². The minimum atomic E-state index is -0.615. The van der Waals surface area contributed by atoms with Crippen LogP contribution in [-0.2, 0) is 11.2 Å². The van der Waals surface area contributed by atoms with E-state index in [4.69, 9.17) is 0 Å². The van der Waals surface area contributed by atoms with E-state index in [2.05, 4.69) is 6.92 Å². The van der Waals surface area contributed by atoms with Gasteiger partial charge in [-0.15, -0.1) is 0 Å². The summed E-state index contributed by atoms with van der Waals surface area (Å²) in [6.07, 6.45) is 4.94. The smallest absolute Gasteiger partial charge is 0.140 e. The normalized spacial score (nSPS) is 23.3. The van der Waals surface area contributed by atoms with Crippen molar-refractivity contribution in [3.05, 3.63) is 35.4 Å². The Hall–Kier alpha value is -1.25. The second-order valence-corrected chi connectivity index (χ2v) is 5.48. The van der Waals surface area contributed by atoms with Gasteiger partial charge in [0.2, 0.25) is 0 Å². The van der Waals surface area contributed by atoms with Crippen LogP contribution in [0.4, 0.5) is 8.78 Å². The number of Topliss-reactive ketones (excluding diaryl/α,β-unsaturated/α-hetero) is 1. The van der Waals surface area contributed by atoms with Crippen molar-refractivity contribution in [3.63, 3.8) is 0 Å². The summed E-state index contributed by atoms with van der Waals surface area (Å²) < 4.78 is 27.1. The molecular weight excluding hydrogens is 246 g/mol. The summed E-state index contributed by atoms with van der Waals surface area (Å²) in [5.74, 6) is -0.666. The summed E-state index contributed by atoms with van der Waals surface area (Å²) >= 11 is 0. The third kappa shape index (κ3) is 3.40. The SMILES string of the molecule is CCC1CCCC(C(=O)Cc2c(F)cccc2F)C1. The number of hydrogen-bond acceptors (Lipinski definition) is 1. The zero-order valence-electron chi connectivity index (χ0n) is 11.3. The highest BCUT2D eigenvalue weighted by atomic mass is 19.1. The maximum absolute atomic E-state index is 13.5. The first-order valence-corrected chi connectivity index (χ1v) is 7.07. The zero-order valence-corrected chi connectivity index (χ0v) is 11.3. The standard InChI is InChI=1S/C16H20F2O/c1-2-11-5-3-6-12(9-11)16(19)10-13-14(17)7-4-8-15(13)18/h4,7-8,11-12H,2-3,5-6,9-10H2,1H3. The van der Waals surface area contributed by atoms with E-state index in [9.17, 15) is 13.6 Å². The fourth-order valence-corrected chi connectivity index (χ4v) is 2.97. The molecule has 0 spiro atoms. The Morgan fingerprint density at radius 3 is 2.58 bits per heavy atom. The Bertz CT molecular complexity index is 436. The van der Waals surface area contributed by atoms with Crippen LogP contribution in [0.3, 0.4) is 0 Å². The van der Waals surface area contributed by atoms with Crippen LogP contribution in [0, 0.1) is 23.5 Å². The van der Waals surface area contributed by atoms with Gasteiger partial charge in [0.05, 0.1) is 0 Å². The van der Waals surface area contributed by atoms with Crippen molar-refractivity contribution < 1.29 is 13.6 Å². The van der Waals surface area contributed by atoms with Crippen molar-refractivity contribution in [2.75, 3.05) is 0 Å². The van der Waals surface area contributed by atoms with Gasteiger partial charge in [0.25, 0.3) is 0 Å². The Kier molecular flexibility index (Phi) is 4.67. The van der Waals surface area contributed by atoms with Gasteiger partial charge in [-0.25, -0.2) is 8.78 Å². The molecule has 0 bridgehead atoms. The Morgan fingerprint density at radius 1 is 1.26 bits per heavy atom. The molecule has 2 rings (SSSR count). The predicted molar refractivity (Wildman–Crippen MR) is 70.8 cm³/mol. The molecule has 3 heteroatoms. The lowest BCUT2D eigenvalue weighted by atomic mass is 9.77. The third-order valence-electron chi connectivity index (χ3n) is 4.23. The monoisotopic (exact) mass is 266 g/mol. The maximum atomic E-state index is 13.5. The van der Waals surface area contributed by atoms with Gasteiger partial charge in [-0.1, -0.05) is 32.3 Å². The number of carbonyl (C=O) groups is 1. The van der Waals surface area contributed by atoms with Gasteiger partial charge in [-0.05, 0) is 30.9 Å². The summed E-state index contributed by atoms with van der Waals surface area (Å²) in [6, 6.07) is 3.75. The average molecular weight is 266 g/mol. The van der Waals surface area contributed by atoms with Gasteiger partial charge >= 0.3 is 0 Å². The van der Waals surface area contributed by atoms with Crippen LogP contribution in [0.1, 0.15) is 44.6 Å². The molecule has 19 heavy (non-hydrogen) atoms. The van der Waals surface area contributed by atoms with E-state index in [0.29, 0.717) is 5.92 Å². The van der Waals surface area contributed by atoms with Gasteiger partial charge in [0.1, 0.15) is 17.4 Å². The van der Waals surface area contributed by atoms with Gasteiger partial charge < -0.3 is 0 Å². The van der Waals surface area contributed by atoms with Crippen LogP contribution in [0.15, 0.2) is 18.2 Å². The highest BCUT2D eigenvalue weighted by Gasteiger charge is 2.27. The molecule has 1 nitrogen and oxygen atoms in total. The van der Waals surface area contributed by atoms with Crippen LogP contribution in [0.25, 0.3) is 0 Å². The highest BCUT2D eigenvalue weighted by Crippen LogP contribution is 2.32. The summed E-state index contributed by atoms with van der Waals surface area (Å²) in [6.45, 7) is 2.13. The van der Waals surface area contributed by atoms with Crippen molar-refractivity contribution in [2.45, 2.75) is 45.4 Å². The van der Waals surface area contributed by atoms with E-state index in [1.807, 2.05) is 0 Å². The molecule has 1 aromatic rings. The molecule has 0 heterocycles. The molecular formula is C16H20F2O. The quantitative estimate of drug-likeness (QED) is 0.794. The van der Waals surface area contributed by atoms with Gasteiger partial charge in [0.15, 0.2) is 0 Å². The fraction of sp³-hybridized carbons (Fsp3) is 0.562. The second-order valence-electron chi connectivity index (χ2n) is 5.48. The summed E-state index contributed by atoms with van der Waals surface area (Å²) in [5.41, 5.74) is -0.0777. The summed E-state index contributed by atoms with van der Waals surface area (Å²) in [5, 5.41) is 0. The van der Waals surface area contributed by atoms with Crippen LogP contribution in [-0.4, -0.2) is 5.78 Å². The van der Waals surface area contributed by atoms with E-state index >= 15 is 0 Å². The van der Waals surface area contributed by atoms with E-state index in [0.717, 1.165) is 25.7 Å². The molecule has 0 N–H and O–H groups in total. The van der Waals surface area contributed by atoms with E-state index in [1.165, 1.54) is 24.6 Å². The Labute approximate surface area is 113 Å². The number of halogens is 2. The molecule has 0 aliphatic heterocycles. The largest absolute Gasteiger partial charge is 0.299 e. The van der Waals surface area contributed by atoms with Crippen molar-refractivity contribution in [1.82, 2.24) is 0 Å². The van der Waals surface area contributed by atoms with E-state index in [1.54, 1.807) is 0 Å². The molecule has 0 aromatic heterocycles. The van der Waals surface area contributed by atoms with Crippen LogP contribution in [0.5, 0.6) is 0 Å². The predicted octanol–water partition coefficient (Wildman–Crippen LogP) is 4.29. The lowest BCUT2D eigenvalue weighted by Crippen LogP contribution is -2.24. The number of benzene rings is 1. The molecule has 0 radical (unpaired) electrons. The minimum absolute atomic E-state index is 0.0119. The van der Waals surface area contributed by atoms with Crippen molar-refractivity contribution in [2.24, 2.45) is 11.8 Å². The fourth-order valence-electron chi connectivity index (χ4n) is 2.97. The lowest BCUT2D eigenvalue weighted by Gasteiger charge is -2.27. The number of rotatable bonds is 4. The molecule has 1 fully saturated rings.